The van der Waals surface area contributed by atoms with Gasteiger partial charge in [0.15, 0.2) is 0 Å². The molecule has 4 aromatic rings. The van der Waals surface area contributed by atoms with Gasteiger partial charge in [0.05, 0.1) is 11.4 Å². The van der Waals surface area contributed by atoms with Crippen molar-refractivity contribution >= 4 is 0 Å². The molecule has 2 N–H and O–H groups in total. The van der Waals surface area contributed by atoms with Crippen LogP contribution in [0, 0.1) is 0 Å². The SMILES string of the molecule is Oc1cccc(-c2cc(-c3ccc(-c4ccccc4)cc3)[nH]n2)c1. The van der Waals surface area contributed by atoms with Gasteiger partial charge in [-0.05, 0) is 34.9 Å². The quantitative estimate of drug-likeness (QED) is 0.552. The van der Waals surface area contributed by atoms with Gasteiger partial charge in [0, 0.05) is 5.56 Å². The lowest BCUT2D eigenvalue weighted by molar-refractivity contribution is 0.475. The molecule has 3 nitrogen and oxygen atoms in total. The number of benzene rings is 3. The Labute approximate surface area is 140 Å². The molecule has 24 heavy (non-hydrogen) atoms. The molecular weight excluding hydrogens is 296 g/mol. The Morgan fingerprint density at radius 2 is 1.29 bits per heavy atom. The van der Waals surface area contributed by atoms with Crippen molar-refractivity contribution in [2.75, 3.05) is 0 Å². The first-order valence-electron chi connectivity index (χ1n) is 7.80. The van der Waals surface area contributed by atoms with Gasteiger partial charge in [-0.2, -0.15) is 5.10 Å². The molecule has 116 valence electrons. The largest absolute Gasteiger partial charge is 0.508 e. The average Bonchev–Trinajstić information content (AvgIpc) is 3.13. The fourth-order valence-electron chi connectivity index (χ4n) is 2.76. The monoisotopic (exact) mass is 312 g/mol. The predicted molar refractivity (Wildman–Crippen MR) is 96.6 cm³/mol. The van der Waals surface area contributed by atoms with Gasteiger partial charge in [-0.1, -0.05) is 66.7 Å². The van der Waals surface area contributed by atoms with Gasteiger partial charge in [-0.3, -0.25) is 5.10 Å². The van der Waals surface area contributed by atoms with Crippen LogP contribution in [0.3, 0.4) is 0 Å². The highest BCUT2D eigenvalue weighted by molar-refractivity contribution is 5.72. The maximum Gasteiger partial charge on any atom is 0.116 e. The van der Waals surface area contributed by atoms with Gasteiger partial charge in [-0.15, -0.1) is 0 Å². The van der Waals surface area contributed by atoms with E-state index in [0.29, 0.717) is 0 Å². The maximum atomic E-state index is 9.60. The van der Waals surface area contributed by atoms with Gasteiger partial charge in [-0.25, -0.2) is 0 Å². The van der Waals surface area contributed by atoms with Gasteiger partial charge in [0.2, 0.25) is 0 Å². The second kappa shape index (κ2) is 6.05. The van der Waals surface area contributed by atoms with E-state index in [-0.39, 0.29) is 5.75 Å². The van der Waals surface area contributed by atoms with Gasteiger partial charge in [0.1, 0.15) is 5.75 Å². The number of aromatic amines is 1. The zero-order chi connectivity index (χ0) is 16.4. The first kappa shape index (κ1) is 14.3. The van der Waals surface area contributed by atoms with Crippen LogP contribution < -0.4 is 0 Å². The van der Waals surface area contributed by atoms with Crippen LogP contribution >= 0.6 is 0 Å². The Hall–Kier alpha value is -3.33. The number of phenols is 1. The minimum atomic E-state index is 0.240. The van der Waals surface area contributed by atoms with E-state index in [9.17, 15) is 5.11 Å². The van der Waals surface area contributed by atoms with Crippen LogP contribution in [0.1, 0.15) is 0 Å². The van der Waals surface area contributed by atoms with Crippen molar-refractivity contribution in [2.45, 2.75) is 0 Å². The first-order chi connectivity index (χ1) is 11.8. The Balaban J connectivity index is 1.63. The predicted octanol–water partition coefficient (Wildman–Crippen LogP) is 5.12. The molecule has 0 unspecified atom stereocenters. The molecule has 0 bridgehead atoms. The summed E-state index contributed by atoms with van der Waals surface area (Å²) in [5.74, 6) is 0.240. The minimum absolute atomic E-state index is 0.240. The molecule has 0 spiro atoms. The van der Waals surface area contributed by atoms with Crippen LogP contribution in [-0.4, -0.2) is 15.3 Å². The lowest BCUT2D eigenvalue weighted by Crippen LogP contribution is -1.80. The number of aromatic hydroxyl groups is 1. The van der Waals surface area contributed by atoms with E-state index in [2.05, 4.69) is 46.6 Å². The highest BCUT2D eigenvalue weighted by atomic mass is 16.3. The Morgan fingerprint density at radius 1 is 0.625 bits per heavy atom. The molecule has 0 saturated heterocycles. The molecule has 4 rings (SSSR count). The van der Waals surface area contributed by atoms with Crippen LogP contribution in [0.5, 0.6) is 5.75 Å². The summed E-state index contributed by atoms with van der Waals surface area (Å²) in [4.78, 5) is 0. The Morgan fingerprint density at radius 3 is 2.04 bits per heavy atom. The van der Waals surface area contributed by atoms with Crippen molar-refractivity contribution in [1.82, 2.24) is 10.2 Å². The summed E-state index contributed by atoms with van der Waals surface area (Å²) in [6.45, 7) is 0. The van der Waals surface area contributed by atoms with Crippen molar-refractivity contribution in [3.63, 3.8) is 0 Å². The van der Waals surface area contributed by atoms with Crippen LogP contribution in [0.4, 0.5) is 0 Å². The van der Waals surface area contributed by atoms with Crippen LogP contribution in [0.25, 0.3) is 33.6 Å². The summed E-state index contributed by atoms with van der Waals surface area (Å²) in [6, 6.07) is 27.8. The molecule has 0 radical (unpaired) electrons. The summed E-state index contributed by atoms with van der Waals surface area (Å²) in [7, 11) is 0. The number of nitrogens with zero attached hydrogens (tertiary/aromatic N) is 1. The molecule has 3 aromatic carbocycles. The smallest absolute Gasteiger partial charge is 0.116 e. The molecule has 0 fully saturated rings. The number of phenolic OH excluding ortho intramolecular Hbond substituents is 1. The summed E-state index contributed by atoms with van der Waals surface area (Å²) in [6.07, 6.45) is 0. The fraction of sp³-hybridized carbons (Fsp3) is 0. The number of H-pyrrole nitrogens is 1. The third-order valence-electron chi connectivity index (χ3n) is 4.02. The van der Waals surface area contributed by atoms with E-state index in [1.165, 1.54) is 11.1 Å². The van der Waals surface area contributed by atoms with Crippen molar-refractivity contribution in [3.8, 4) is 39.4 Å². The molecule has 0 amide bonds. The Bertz CT molecular complexity index is 957. The van der Waals surface area contributed by atoms with Crippen molar-refractivity contribution in [3.05, 3.63) is 84.9 Å². The number of hydrogen-bond donors (Lipinski definition) is 2. The zero-order valence-corrected chi connectivity index (χ0v) is 13.0. The number of aromatic nitrogens is 2. The normalized spacial score (nSPS) is 10.7. The van der Waals surface area contributed by atoms with Gasteiger partial charge >= 0.3 is 0 Å². The zero-order valence-electron chi connectivity index (χ0n) is 13.0. The summed E-state index contributed by atoms with van der Waals surface area (Å²) < 4.78 is 0. The molecule has 1 heterocycles. The van der Waals surface area contributed by atoms with Crippen LogP contribution in [0.2, 0.25) is 0 Å². The molecule has 1 aromatic heterocycles. The van der Waals surface area contributed by atoms with Gasteiger partial charge in [0.25, 0.3) is 0 Å². The van der Waals surface area contributed by atoms with E-state index in [0.717, 1.165) is 22.5 Å². The second-order valence-corrected chi connectivity index (χ2v) is 5.66. The Kier molecular flexibility index (Phi) is 3.60. The number of hydrogen-bond acceptors (Lipinski definition) is 2. The molecular formula is C21H16N2O. The van der Waals surface area contributed by atoms with Crippen LogP contribution in [0.15, 0.2) is 84.9 Å². The number of nitrogens with one attached hydrogen (secondary N) is 1. The topological polar surface area (TPSA) is 48.9 Å². The highest BCUT2D eigenvalue weighted by Crippen LogP contribution is 2.27. The van der Waals surface area contributed by atoms with E-state index < -0.39 is 0 Å². The first-order valence-corrected chi connectivity index (χ1v) is 7.80. The summed E-state index contributed by atoms with van der Waals surface area (Å²) in [5, 5.41) is 17.0. The maximum absolute atomic E-state index is 9.60. The molecule has 0 aliphatic heterocycles. The van der Waals surface area contributed by atoms with Crippen LogP contribution in [-0.2, 0) is 0 Å². The third-order valence-corrected chi connectivity index (χ3v) is 4.02. The average molecular weight is 312 g/mol. The van der Waals surface area contributed by atoms with E-state index >= 15 is 0 Å². The lowest BCUT2D eigenvalue weighted by Gasteiger charge is -2.03. The molecule has 3 heteroatoms. The standard InChI is InChI=1S/C21H16N2O/c24-19-8-4-7-18(13-19)21-14-20(22-23-21)17-11-9-16(10-12-17)15-5-2-1-3-6-15/h1-14,24H,(H,22,23). The fourth-order valence-corrected chi connectivity index (χ4v) is 2.76. The second-order valence-electron chi connectivity index (χ2n) is 5.66. The molecule has 0 atom stereocenters. The lowest BCUT2D eigenvalue weighted by atomic mass is 10.0. The van der Waals surface area contributed by atoms with Crippen molar-refractivity contribution in [1.29, 1.82) is 0 Å². The summed E-state index contributed by atoms with van der Waals surface area (Å²) in [5.41, 5.74) is 6.12. The van der Waals surface area contributed by atoms with Gasteiger partial charge < -0.3 is 5.11 Å². The van der Waals surface area contributed by atoms with E-state index in [4.69, 9.17) is 0 Å². The molecule has 0 aliphatic rings. The highest BCUT2D eigenvalue weighted by Gasteiger charge is 2.07. The van der Waals surface area contributed by atoms with Crippen molar-refractivity contribution in [2.24, 2.45) is 0 Å². The summed E-state index contributed by atoms with van der Waals surface area (Å²) >= 11 is 0. The van der Waals surface area contributed by atoms with E-state index in [1.54, 1.807) is 12.1 Å². The van der Waals surface area contributed by atoms with Crippen molar-refractivity contribution < 1.29 is 5.11 Å². The molecule has 0 saturated carbocycles. The molecule has 0 aliphatic carbocycles. The van der Waals surface area contributed by atoms with E-state index in [1.807, 2.05) is 36.4 Å². The minimum Gasteiger partial charge on any atom is -0.508 e. The third kappa shape index (κ3) is 2.79. The number of rotatable bonds is 3.